The second-order valence-electron chi connectivity index (χ2n) is 4.18. The third-order valence-electron chi connectivity index (χ3n) is 2.99. The summed E-state index contributed by atoms with van der Waals surface area (Å²) in [5.41, 5.74) is 2.49. The molecule has 1 heterocycles. The Labute approximate surface area is 122 Å². The standard InChI is InChI=1S/C14H15Cl2NS/c1-17-14(5-2-10-6-7-18-9-10)12-4-3-11(15)8-13(12)16/h3-4,6-9,14,17H,2,5H2,1H3. The van der Waals surface area contributed by atoms with Crippen molar-refractivity contribution in [3.05, 3.63) is 56.2 Å². The topological polar surface area (TPSA) is 12.0 Å². The van der Waals surface area contributed by atoms with Crippen molar-refractivity contribution in [3.8, 4) is 0 Å². The van der Waals surface area contributed by atoms with Crippen molar-refractivity contribution in [3.63, 3.8) is 0 Å². The van der Waals surface area contributed by atoms with Crippen LogP contribution in [-0.2, 0) is 6.42 Å². The lowest BCUT2D eigenvalue weighted by atomic mass is 10.0. The molecular formula is C14H15Cl2NS. The molecule has 1 aromatic heterocycles. The number of halogens is 2. The fourth-order valence-electron chi connectivity index (χ4n) is 1.99. The molecule has 1 aromatic carbocycles. The van der Waals surface area contributed by atoms with Gasteiger partial charge in [-0.2, -0.15) is 11.3 Å². The Morgan fingerprint density at radius 2 is 2.11 bits per heavy atom. The van der Waals surface area contributed by atoms with Crippen LogP contribution < -0.4 is 5.32 Å². The van der Waals surface area contributed by atoms with Crippen LogP contribution in [0.5, 0.6) is 0 Å². The molecule has 0 aliphatic rings. The van der Waals surface area contributed by atoms with Crippen molar-refractivity contribution in [1.29, 1.82) is 0 Å². The molecule has 4 heteroatoms. The average molecular weight is 300 g/mol. The van der Waals surface area contributed by atoms with Crippen LogP contribution in [0.1, 0.15) is 23.6 Å². The molecule has 2 aromatic rings. The highest BCUT2D eigenvalue weighted by Crippen LogP contribution is 2.28. The minimum Gasteiger partial charge on any atom is -0.313 e. The summed E-state index contributed by atoms with van der Waals surface area (Å²) in [4.78, 5) is 0. The molecule has 2 rings (SSSR count). The molecular weight excluding hydrogens is 285 g/mol. The number of aryl methyl sites for hydroxylation is 1. The minimum atomic E-state index is 0.259. The van der Waals surface area contributed by atoms with Gasteiger partial charge in [-0.05, 0) is 60.0 Å². The summed E-state index contributed by atoms with van der Waals surface area (Å²) in [5, 5.41) is 9.02. The Balaban J connectivity index is 2.08. The summed E-state index contributed by atoms with van der Waals surface area (Å²) in [6.07, 6.45) is 2.07. The van der Waals surface area contributed by atoms with Crippen molar-refractivity contribution >= 4 is 34.5 Å². The zero-order chi connectivity index (χ0) is 13.0. The molecule has 0 fully saturated rings. The molecule has 0 amide bonds. The van der Waals surface area contributed by atoms with E-state index in [0.29, 0.717) is 5.02 Å². The van der Waals surface area contributed by atoms with Gasteiger partial charge in [0.05, 0.1) is 0 Å². The minimum absolute atomic E-state index is 0.259. The normalized spacial score (nSPS) is 12.6. The fraction of sp³-hybridized carbons (Fsp3) is 0.286. The first-order chi connectivity index (χ1) is 8.70. The highest BCUT2D eigenvalue weighted by Gasteiger charge is 2.13. The molecule has 0 radical (unpaired) electrons. The van der Waals surface area contributed by atoms with Crippen molar-refractivity contribution in [2.24, 2.45) is 0 Å². The molecule has 1 unspecified atom stereocenters. The molecule has 0 saturated carbocycles. The summed E-state index contributed by atoms with van der Waals surface area (Å²) in [7, 11) is 1.96. The Morgan fingerprint density at radius 3 is 2.72 bits per heavy atom. The van der Waals surface area contributed by atoms with Crippen molar-refractivity contribution in [2.75, 3.05) is 7.05 Å². The van der Waals surface area contributed by atoms with E-state index in [9.17, 15) is 0 Å². The van der Waals surface area contributed by atoms with Gasteiger partial charge < -0.3 is 5.32 Å². The van der Waals surface area contributed by atoms with Gasteiger partial charge >= 0.3 is 0 Å². The van der Waals surface area contributed by atoms with E-state index < -0.39 is 0 Å². The maximum atomic E-state index is 6.24. The Bertz CT molecular complexity index is 497. The third-order valence-corrected chi connectivity index (χ3v) is 4.28. The molecule has 0 aliphatic heterocycles. The molecule has 1 atom stereocenters. The molecule has 96 valence electrons. The number of nitrogens with one attached hydrogen (secondary N) is 1. The zero-order valence-electron chi connectivity index (χ0n) is 10.1. The first-order valence-corrected chi connectivity index (χ1v) is 7.54. The van der Waals surface area contributed by atoms with Crippen LogP contribution in [0.25, 0.3) is 0 Å². The average Bonchev–Trinajstić information content (AvgIpc) is 2.85. The van der Waals surface area contributed by atoms with Crippen LogP contribution in [-0.4, -0.2) is 7.05 Å². The van der Waals surface area contributed by atoms with Gasteiger partial charge in [0.15, 0.2) is 0 Å². The van der Waals surface area contributed by atoms with Crippen molar-refractivity contribution in [1.82, 2.24) is 5.32 Å². The molecule has 0 spiro atoms. The number of hydrogen-bond donors (Lipinski definition) is 1. The first-order valence-electron chi connectivity index (χ1n) is 5.84. The molecule has 0 saturated heterocycles. The second-order valence-corrected chi connectivity index (χ2v) is 5.80. The quantitative estimate of drug-likeness (QED) is 0.824. The zero-order valence-corrected chi connectivity index (χ0v) is 12.4. The van der Waals surface area contributed by atoms with E-state index in [1.807, 2.05) is 19.2 Å². The van der Waals surface area contributed by atoms with E-state index in [2.05, 4.69) is 22.1 Å². The van der Waals surface area contributed by atoms with E-state index in [4.69, 9.17) is 23.2 Å². The van der Waals surface area contributed by atoms with Gasteiger partial charge in [-0.3, -0.25) is 0 Å². The van der Waals surface area contributed by atoms with Gasteiger partial charge in [-0.15, -0.1) is 0 Å². The number of rotatable bonds is 5. The number of hydrogen-bond acceptors (Lipinski definition) is 2. The summed E-state index contributed by atoms with van der Waals surface area (Å²) in [6.45, 7) is 0. The van der Waals surface area contributed by atoms with E-state index in [-0.39, 0.29) is 6.04 Å². The van der Waals surface area contributed by atoms with E-state index in [1.54, 1.807) is 17.4 Å². The molecule has 0 bridgehead atoms. The highest BCUT2D eigenvalue weighted by molar-refractivity contribution is 7.07. The smallest absolute Gasteiger partial charge is 0.0468 e. The molecule has 1 N–H and O–H groups in total. The monoisotopic (exact) mass is 299 g/mol. The summed E-state index contributed by atoms with van der Waals surface area (Å²) >= 11 is 13.9. The van der Waals surface area contributed by atoms with Gasteiger partial charge in [-0.25, -0.2) is 0 Å². The lowest BCUT2D eigenvalue weighted by Crippen LogP contribution is -2.17. The van der Waals surface area contributed by atoms with Gasteiger partial charge in [0.2, 0.25) is 0 Å². The van der Waals surface area contributed by atoms with E-state index in [0.717, 1.165) is 23.4 Å². The molecule has 1 nitrogen and oxygen atoms in total. The van der Waals surface area contributed by atoms with E-state index >= 15 is 0 Å². The summed E-state index contributed by atoms with van der Waals surface area (Å²) in [5.74, 6) is 0. The van der Waals surface area contributed by atoms with Crippen molar-refractivity contribution in [2.45, 2.75) is 18.9 Å². The van der Waals surface area contributed by atoms with Gasteiger partial charge in [-0.1, -0.05) is 29.3 Å². The van der Waals surface area contributed by atoms with E-state index in [1.165, 1.54) is 5.56 Å². The predicted octanol–water partition coefficient (Wildman–Crippen LogP) is 4.95. The van der Waals surface area contributed by atoms with Gasteiger partial charge in [0.25, 0.3) is 0 Å². The van der Waals surface area contributed by atoms with Crippen LogP contribution in [0.4, 0.5) is 0 Å². The third kappa shape index (κ3) is 3.48. The van der Waals surface area contributed by atoms with Crippen LogP contribution in [0.15, 0.2) is 35.0 Å². The van der Waals surface area contributed by atoms with Crippen LogP contribution in [0.2, 0.25) is 10.0 Å². The van der Waals surface area contributed by atoms with Crippen LogP contribution >= 0.6 is 34.5 Å². The summed E-state index contributed by atoms with van der Waals surface area (Å²) < 4.78 is 0. The lowest BCUT2D eigenvalue weighted by Gasteiger charge is -2.18. The largest absolute Gasteiger partial charge is 0.313 e. The maximum absolute atomic E-state index is 6.24. The van der Waals surface area contributed by atoms with Crippen LogP contribution in [0.3, 0.4) is 0 Å². The number of thiophene rings is 1. The molecule has 18 heavy (non-hydrogen) atoms. The highest BCUT2D eigenvalue weighted by atomic mass is 35.5. The second kappa shape index (κ2) is 6.58. The Hall–Kier alpha value is -0.540. The SMILES string of the molecule is CNC(CCc1ccsc1)c1ccc(Cl)cc1Cl. The lowest BCUT2D eigenvalue weighted by molar-refractivity contribution is 0.550. The number of benzene rings is 1. The van der Waals surface area contributed by atoms with Gasteiger partial charge in [0.1, 0.15) is 0 Å². The fourth-order valence-corrected chi connectivity index (χ4v) is 3.23. The summed E-state index contributed by atoms with van der Waals surface area (Å²) in [6, 6.07) is 8.11. The van der Waals surface area contributed by atoms with Crippen LogP contribution in [0, 0.1) is 0 Å². The van der Waals surface area contributed by atoms with Gasteiger partial charge in [0, 0.05) is 16.1 Å². The predicted molar refractivity (Wildman–Crippen MR) is 80.9 cm³/mol. The van der Waals surface area contributed by atoms with Crippen molar-refractivity contribution < 1.29 is 0 Å². The molecule has 0 aliphatic carbocycles. The Morgan fingerprint density at radius 1 is 1.28 bits per heavy atom. The Kier molecular flexibility index (Phi) is 5.07. The maximum Gasteiger partial charge on any atom is 0.0468 e. The first kappa shape index (κ1) is 13.9.